The van der Waals surface area contributed by atoms with E-state index in [-0.39, 0.29) is 0 Å². The Morgan fingerprint density at radius 2 is 2.10 bits per heavy atom. The quantitative estimate of drug-likeness (QED) is 0.396. The minimum atomic E-state index is 0.711. The van der Waals surface area contributed by atoms with Crippen LogP contribution in [0.2, 0.25) is 0 Å². The highest BCUT2D eigenvalue weighted by Crippen LogP contribution is 2.09. The topological polar surface area (TPSA) is 58.5 Å². The molecular formula is C15H28N4OS. The van der Waals surface area contributed by atoms with Gasteiger partial charge in [0.15, 0.2) is 5.96 Å². The van der Waals surface area contributed by atoms with Crippen LogP contribution in [0.1, 0.15) is 43.8 Å². The molecule has 0 fully saturated rings. The molecule has 0 spiro atoms. The number of ether oxygens (including phenoxy) is 1. The van der Waals surface area contributed by atoms with Gasteiger partial charge < -0.3 is 15.4 Å². The predicted octanol–water partition coefficient (Wildman–Crippen LogP) is 2.58. The molecular weight excluding hydrogens is 284 g/mol. The van der Waals surface area contributed by atoms with E-state index in [0.717, 1.165) is 50.7 Å². The van der Waals surface area contributed by atoms with Crippen molar-refractivity contribution >= 4 is 17.3 Å². The number of aliphatic imine (C=N–C) groups is 1. The first kappa shape index (κ1) is 17.9. The second kappa shape index (κ2) is 11.5. The molecule has 0 saturated heterocycles. The zero-order valence-corrected chi connectivity index (χ0v) is 14.3. The standard InChI is InChI=1S/C15H28N4OS/c1-4-6-9-20-10-7-8-17-15(16-3)18-11-13-12-21-14(5-2)19-13/h12H,4-11H2,1-3H3,(H2,16,17,18). The highest BCUT2D eigenvalue weighted by atomic mass is 32.1. The van der Waals surface area contributed by atoms with Crippen LogP contribution in [0.4, 0.5) is 0 Å². The Labute approximate surface area is 132 Å². The summed E-state index contributed by atoms with van der Waals surface area (Å²) in [5.74, 6) is 0.814. The summed E-state index contributed by atoms with van der Waals surface area (Å²) in [5.41, 5.74) is 1.07. The summed E-state index contributed by atoms with van der Waals surface area (Å²) in [4.78, 5) is 8.73. The second-order valence-electron chi connectivity index (χ2n) is 4.76. The van der Waals surface area contributed by atoms with Crippen LogP contribution < -0.4 is 10.6 Å². The van der Waals surface area contributed by atoms with Crippen LogP contribution in [0.5, 0.6) is 0 Å². The van der Waals surface area contributed by atoms with E-state index in [9.17, 15) is 0 Å². The number of thiazole rings is 1. The summed E-state index contributed by atoms with van der Waals surface area (Å²) < 4.78 is 5.52. The zero-order chi connectivity index (χ0) is 15.3. The molecule has 0 radical (unpaired) electrons. The molecule has 120 valence electrons. The van der Waals surface area contributed by atoms with Crippen LogP contribution in [-0.4, -0.2) is 37.7 Å². The van der Waals surface area contributed by atoms with Crippen molar-refractivity contribution in [3.8, 4) is 0 Å². The average Bonchev–Trinajstić information content (AvgIpc) is 2.97. The van der Waals surface area contributed by atoms with Gasteiger partial charge in [-0.3, -0.25) is 4.99 Å². The first-order valence-electron chi connectivity index (χ1n) is 7.75. The van der Waals surface area contributed by atoms with E-state index in [1.165, 1.54) is 11.4 Å². The van der Waals surface area contributed by atoms with Gasteiger partial charge in [0.2, 0.25) is 0 Å². The van der Waals surface area contributed by atoms with Crippen molar-refractivity contribution in [1.29, 1.82) is 0 Å². The van der Waals surface area contributed by atoms with E-state index in [0.29, 0.717) is 6.54 Å². The molecule has 0 atom stereocenters. The number of guanidine groups is 1. The Kier molecular flexibility index (Phi) is 9.82. The van der Waals surface area contributed by atoms with Crippen LogP contribution in [0.3, 0.4) is 0 Å². The molecule has 0 saturated carbocycles. The number of unbranched alkanes of at least 4 members (excludes halogenated alkanes) is 1. The van der Waals surface area contributed by atoms with E-state index in [1.807, 2.05) is 0 Å². The molecule has 1 aromatic rings. The van der Waals surface area contributed by atoms with Gasteiger partial charge in [0.05, 0.1) is 17.2 Å². The van der Waals surface area contributed by atoms with Crippen LogP contribution in [0.15, 0.2) is 10.4 Å². The van der Waals surface area contributed by atoms with Crippen molar-refractivity contribution in [1.82, 2.24) is 15.6 Å². The normalized spacial score (nSPS) is 11.7. The molecule has 0 aliphatic heterocycles. The number of hydrogen-bond acceptors (Lipinski definition) is 4. The molecule has 0 aromatic carbocycles. The Hall–Kier alpha value is -1.14. The summed E-state index contributed by atoms with van der Waals surface area (Å²) in [6.07, 6.45) is 4.31. The predicted molar refractivity (Wildman–Crippen MR) is 90.0 cm³/mol. The number of aromatic nitrogens is 1. The average molecular weight is 312 g/mol. The molecule has 21 heavy (non-hydrogen) atoms. The van der Waals surface area contributed by atoms with Crippen molar-refractivity contribution in [2.24, 2.45) is 4.99 Å². The largest absolute Gasteiger partial charge is 0.381 e. The highest BCUT2D eigenvalue weighted by Gasteiger charge is 2.02. The van der Waals surface area contributed by atoms with Crippen molar-refractivity contribution in [3.05, 3.63) is 16.1 Å². The van der Waals surface area contributed by atoms with Crippen molar-refractivity contribution in [2.75, 3.05) is 26.8 Å². The Bertz CT molecular complexity index is 406. The molecule has 1 aromatic heterocycles. The third-order valence-electron chi connectivity index (χ3n) is 2.96. The summed E-state index contributed by atoms with van der Waals surface area (Å²) in [6.45, 7) is 7.54. The Balaban J connectivity index is 2.11. The number of nitrogens with one attached hydrogen (secondary N) is 2. The first-order valence-corrected chi connectivity index (χ1v) is 8.63. The molecule has 0 aliphatic rings. The monoisotopic (exact) mass is 312 g/mol. The molecule has 5 nitrogen and oxygen atoms in total. The van der Waals surface area contributed by atoms with Crippen molar-refractivity contribution in [3.63, 3.8) is 0 Å². The summed E-state index contributed by atoms with van der Waals surface area (Å²) in [5, 5.41) is 9.84. The fourth-order valence-electron chi connectivity index (χ4n) is 1.72. The minimum Gasteiger partial charge on any atom is -0.381 e. The van der Waals surface area contributed by atoms with Gasteiger partial charge in [-0.1, -0.05) is 20.3 Å². The van der Waals surface area contributed by atoms with Gasteiger partial charge in [0, 0.05) is 32.2 Å². The lowest BCUT2D eigenvalue weighted by molar-refractivity contribution is 0.129. The van der Waals surface area contributed by atoms with Gasteiger partial charge in [0.25, 0.3) is 0 Å². The van der Waals surface area contributed by atoms with Gasteiger partial charge in [-0.2, -0.15) is 0 Å². The van der Waals surface area contributed by atoms with Gasteiger partial charge in [0.1, 0.15) is 0 Å². The molecule has 0 aliphatic carbocycles. The first-order chi connectivity index (χ1) is 10.3. The number of nitrogens with zero attached hydrogens (tertiary/aromatic N) is 2. The zero-order valence-electron chi connectivity index (χ0n) is 13.4. The highest BCUT2D eigenvalue weighted by molar-refractivity contribution is 7.09. The maximum absolute atomic E-state index is 5.52. The Morgan fingerprint density at radius 3 is 2.76 bits per heavy atom. The molecule has 1 heterocycles. The van der Waals surface area contributed by atoms with Crippen molar-refractivity contribution in [2.45, 2.75) is 46.1 Å². The van der Waals surface area contributed by atoms with Crippen LogP contribution >= 0.6 is 11.3 Å². The maximum atomic E-state index is 5.52. The van der Waals surface area contributed by atoms with E-state index >= 15 is 0 Å². The minimum absolute atomic E-state index is 0.711. The molecule has 0 unspecified atom stereocenters. The fourth-order valence-corrected chi connectivity index (χ4v) is 2.46. The van der Waals surface area contributed by atoms with Gasteiger partial charge in [-0.15, -0.1) is 11.3 Å². The number of hydrogen-bond donors (Lipinski definition) is 2. The lowest BCUT2D eigenvalue weighted by Gasteiger charge is -2.11. The van der Waals surface area contributed by atoms with Gasteiger partial charge in [-0.05, 0) is 19.3 Å². The third kappa shape index (κ3) is 8.02. The molecule has 0 amide bonds. The number of rotatable bonds is 10. The number of aryl methyl sites for hydroxylation is 1. The second-order valence-corrected chi connectivity index (χ2v) is 5.70. The lowest BCUT2D eigenvalue weighted by Crippen LogP contribution is -2.37. The van der Waals surface area contributed by atoms with Gasteiger partial charge in [-0.25, -0.2) is 4.98 Å². The fraction of sp³-hybridized carbons (Fsp3) is 0.733. The SMILES string of the molecule is CCCCOCCCNC(=NC)NCc1csc(CC)n1. The maximum Gasteiger partial charge on any atom is 0.191 e. The third-order valence-corrected chi connectivity index (χ3v) is 4.00. The van der Waals surface area contributed by atoms with E-state index in [4.69, 9.17) is 4.74 Å². The van der Waals surface area contributed by atoms with E-state index in [2.05, 4.69) is 39.8 Å². The van der Waals surface area contributed by atoms with E-state index in [1.54, 1.807) is 18.4 Å². The summed E-state index contributed by atoms with van der Waals surface area (Å²) in [7, 11) is 1.78. The molecule has 1 rings (SSSR count). The summed E-state index contributed by atoms with van der Waals surface area (Å²) in [6, 6.07) is 0. The molecule has 6 heteroatoms. The van der Waals surface area contributed by atoms with Crippen LogP contribution in [0, 0.1) is 0 Å². The summed E-state index contributed by atoms with van der Waals surface area (Å²) >= 11 is 1.71. The van der Waals surface area contributed by atoms with Gasteiger partial charge >= 0.3 is 0 Å². The molecule has 0 bridgehead atoms. The Morgan fingerprint density at radius 1 is 1.29 bits per heavy atom. The lowest BCUT2D eigenvalue weighted by atomic mass is 10.4. The smallest absolute Gasteiger partial charge is 0.191 e. The van der Waals surface area contributed by atoms with Crippen LogP contribution in [0.25, 0.3) is 0 Å². The van der Waals surface area contributed by atoms with E-state index < -0.39 is 0 Å². The van der Waals surface area contributed by atoms with Crippen LogP contribution in [-0.2, 0) is 17.7 Å². The molecule has 2 N–H and O–H groups in total. The van der Waals surface area contributed by atoms with Crippen molar-refractivity contribution < 1.29 is 4.74 Å².